The molecule has 0 saturated carbocycles. The summed E-state index contributed by atoms with van der Waals surface area (Å²) < 4.78 is 0. The molecule has 2 aromatic rings. The van der Waals surface area contributed by atoms with Gasteiger partial charge in [-0.25, -0.2) is 0 Å². The molecule has 5 nitrogen and oxygen atoms in total. The fourth-order valence-corrected chi connectivity index (χ4v) is 1.56. The highest BCUT2D eigenvalue weighted by atomic mass is 16.1. The normalized spacial score (nSPS) is 9.83. The number of aromatic nitrogens is 2. The summed E-state index contributed by atoms with van der Waals surface area (Å²) in [6.45, 7) is 0.401. The third-order valence-electron chi connectivity index (χ3n) is 2.49. The van der Waals surface area contributed by atoms with Crippen LogP contribution in [-0.4, -0.2) is 22.9 Å². The third-order valence-corrected chi connectivity index (χ3v) is 2.49. The van der Waals surface area contributed by atoms with Crippen LogP contribution in [0.3, 0.4) is 0 Å². The second-order valence-electron chi connectivity index (χ2n) is 3.68. The van der Waals surface area contributed by atoms with Gasteiger partial charge in [0.25, 0.3) is 5.91 Å². The van der Waals surface area contributed by atoms with E-state index in [0.29, 0.717) is 12.1 Å². The first-order chi connectivity index (χ1) is 8.81. The van der Waals surface area contributed by atoms with E-state index in [9.17, 15) is 4.79 Å². The molecule has 0 radical (unpaired) electrons. The van der Waals surface area contributed by atoms with Crippen LogP contribution in [0.2, 0.25) is 0 Å². The summed E-state index contributed by atoms with van der Waals surface area (Å²) in [6.07, 6.45) is 4.88. The lowest BCUT2D eigenvalue weighted by atomic mass is 10.2. The van der Waals surface area contributed by atoms with Gasteiger partial charge in [0.1, 0.15) is 0 Å². The van der Waals surface area contributed by atoms with Gasteiger partial charge in [-0.3, -0.25) is 14.8 Å². The summed E-state index contributed by atoms with van der Waals surface area (Å²) in [7, 11) is 1.77. The molecule has 0 aliphatic heterocycles. The van der Waals surface area contributed by atoms with E-state index >= 15 is 0 Å². The molecule has 2 heterocycles. The number of hydrogen-bond donors (Lipinski definition) is 2. The maximum Gasteiger partial charge on any atom is 0.255 e. The molecule has 2 rings (SSSR count). The average Bonchev–Trinajstić information content (AvgIpc) is 2.45. The van der Waals surface area contributed by atoms with Crippen molar-refractivity contribution in [2.45, 2.75) is 6.54 Å². The highest BCUT2D eigenvalue weighted by molar-refractivity contribution is 5.99. The quantitative estimate of drug-likeness (QED) is 0.851. The summed E-state index contributed by atoms with van der Waals surface area (Å²) >= 11 is 0. The second-order valence-corrected chi connectivity index (χ2v) is 3.68. The van der Waals surface area contributed by atoms with Crippen LogP contribution >= 0.6 is 0 Å². The second kappa shape index (κ2) is 5.77. The van der Waals surface area contributed by atoms with Gasteiger partial charge in [0.2, 0.25) is 0 Å². The van der Waals surface area contributed by atoms with Crippen LogP contribution in [0.1, 0.15) is 16.1 Å². The lowest BCUT2D eigenvalue weighted by Crippen LogP contribution is -2.24. The maximum atomic E-state index is 12.0. The van der Waals surface area contributed by atoms with Gasteiger partial charge in [0.05, 0.1) is 17.8 Å². The zero-order valence-electron chi connectivity index (χ0n) is 10.1. The molecule has 0 unspecified atom stereocenters. The van der Waals surface area contributed by atoms with E-state index in [1.54, 1.807) is 31.7 Å². The lowest BCUT2D eigenvalue weighted by molar-refractivity contribution is 0.0951. The Labute approximate surface area is 105 Å². The maximum absolute atomic E-state index is 12.0. The minimum atomic E-state index is -0.168. The van der Waals surface area contributed by atoms with Gasteiger partial charge < -0.3 is 10.6 Å². The molecule has 5 heteroatoms. The third kappa shape index (κ3) is 2.82. The molecule has 92 valence electrons. The fourth-order valence-electron chi connectivity index (χ4n) is 1.56. The Kier molecular flexibility index (Phi) is 3.86. The number of nitrogens with one attached hydrogen (secondary N) is 2. The molecule has 0 aliphatic rings. The zero-order chi connectivity index (χ0) is 12.8. The first-order valence-electron chi connectivity index (χ1n) is 5.61. The van der Waals surface area contributed by atoms with Crippen LogP contribution in [0.15, 0.2) is 42.9 Å². The Morgan fingerprint density at radius 2 is 2.17 bits per heavy atom. The number of amides is 1. The van der Waals surface area contributed by atoms with Gasteiger partial charge in [-0.15, -0.1) is 0 Å². The van der Waals surface area contributed by atoms with Crippen molar-refractivity contribution < 1.29 is 4.79 Å². The first kappa shape index (κ1) is 12.0. The van der Waals surface area contributed by atoms with Gasteiger partial charge in [0.15, 0.2) is 0 Å². The number of anilines is 1. The topological polar surface area (TPSA) is 66.9 Å². The number of nitrogens with zero attached hydrogens (tertiary/aromatic N) is 2. The molecule has 0 aromatic carbocycles. The molecule has 0 spiro atoms. The van der Waals surface area contributed by atoms with E-state index in [1.165, 1.54) is 0 Å². The van der Waals surface area contributed by atoms with Crippen LogP contribution in [0.25, 0.3) is 0 Å². The molecule has 0 bridgehead atoms. The summed E-state index contributed by atoms with van der Waals surface area (Å²) in [6, 6.07) is 7.35. The van der Waals surface area contributed by atoms with Crippen LogP contribution in [0.5, 0.6) is 0 Å². The standard InChI is InChI=1S/C13H14N4O/c1-14-12-5-7-15-9-11(12)13(18)17-8-10-4-2-3-6-16-10/h2-7,9H,8H2,1H3,(H,14,15)(H,17,18). The molecule has 0 aliphatic carbocycles. The van der Waals surface area contributed by atoms with Crippen LogP contribution in [0.4, 0.5) is 5.69 Å². The zero-order valence-corrected chi connectivity index (χ0v) is 10.1. The SMILES string of the molecule is CNc1ccncc1C(=O)NCc1ccccn1. The first-order valence-corrected chi connectivity index (χ1v) is 5.61. The van der Waals surface area contributed by atoms with E-state index in [-0.39, 0.29) is 5.91 Å². The van der Waals surface area contributed by atoms with Gasteiger partial charge >= 0.3 is 0 Å². The monoisotopic (exact) mass is 242 g/mol. The van der Waals surface area contributed by atoms with Gasteiger partial charge in [0, 0.05) is 31.3 Å². The molecule has 2 N–H and O–H groups in total. The average molecular weight is 242 g/mol. The largest absolute Gasteiger partial charge is 0.387 e. The van der Waals surface area contributed by atoms with E-state index in [1.807, 2.05) is 18.2 Å². The van der Waals surface area contributed by atoms with Crippen molar-refractivity contribution in [2.24, 2.45) is 0 Å². The van der Waals surface area contributed by atoms with Crippen molar-refractivity contribution in [2.75, 3.05) is 12.4 Å². The Bertz CT molecular complexity index is 528. The van der Waals surface area contributed by atoms with Crippen molar-refractivity contribution in [1.82, 2.24) is 15.3 Å². The summed E-state index contributed by atoms with van der Waals surface area (Å²) in [5.74, 6) is -0.168. The molecule has 18 heavy (non-hydrogen) atoms. The Hall–Kier alpha value is -2.43. The van der Waals surface area contributed by atoms with Crippen LogP contribution in [-0.2, 0) is 6.54 Å². The fraction of sp³-hybridized carbons (Fsp3) is 0.154. The summed E-state index contributed by atoms with van der Waals surface area (Å²) in [4.78, 5) is 20.1. The Morgan fingerprint density at radius 1 is 1.28 bits per heavy atom. The predicted molar refractivity (Wildman–Crippen MR) is 69.2 cm³/mol. The summed E-state index contributed by atoms with van der Waals surface area (Å²) in [5.41, 5.74) is 2.10. The number of hydrogen-bond acceptors (Lipinski definition) is 4. The minimum absolute atomic E-state index is 0.168. The minimum Gasteiger partial charge on any atom is -0.387 e. The molecule has 1 amide bonds. The van der Waals surface area contributed by atoms with Crippen molar-refractivity contribution in [1.29, 1.82) is 0 Å². The van der Waals surface area contributed by atoms with E-state index in [0.717, 1.165) is 11.4 Å². The highest BCUT2D eigenvalue weighted by Gasteiger charge is 2.10. The molecule has 0 saturated heterocycles. The molecule has 0 fully saturated rings. The molecule has 0 atom stereocenters. The van der Waals surface area contributed by atoms with Crippen molar-refractivity contribution >= 4 is 11.6 Å². The van der Waals surface area contributed by atoms with E-state index in [4.69, 9.17) is 0 Å². The van der Waals surface area contributed by atoms with Gasteiger partial charge in [-0.2, -0.15) is 0 Å². The van der Waals surface area contributed by atoms with Gasteiger partial charge in [-0.05, 0) is 18.2 Å². The number of carbonyl (C=O) groups is 1. The summed E-state index contributed by atoms with van der Waals surface area (Å²) in [5, 5.41) is 5.77. The van der Waals surface area contributed by atoms with Crippen molar-refractivity contribution in [3.05, 3.63) is 54.1 Å². The van der Waals surface area contributed by atoms with Crippen molar-refractivity contribution in [3.63, 3.8) is 0 Å². The van der Waals surface area contributed by atoms with Crippen LogP contribution in [0, 0.1) is 0 Å². The Morgan fingerprint density at radius 3 is 2.89 bits per heavy atom. The van der Waals surface area contributed by atoms with E-state index < -0.39 is 0 Å². The number of carbonyl (C=O) groups excluding carboxylic acids is 1. The number of rotatable bonds is 4. The molecular formula is C13H14N4O. The van der Waals surface area contributed by atoms with Crippen molar-refractivity contribution in [3.8, 4) is 0 Å². The van der Waals surface area contributed by atoms with Gasteiger partial charge in [-0.1, -0.05) is 6.07 Å². The molecule has 2 aromatic heterocycles. The number of pyridine rings is 2. The smallest absolute Gasteiger partial charge is 0.255 e. The van der Waals surface area contributed by atoms with E-state index in [2.05, 4.69) is 20.6 Å². The predicted octanol–water partition coefficient (Wildman–Crippen LogP) is 1.45. The lowest BCUT2D eigenvalue weighted by Gasteiger charge is -2.08. The van der Waals surface area contributed by atoms with Crippen LogP contribution < -0.4 is 10.6 Å². The Balaban J connectivity index is 2.04. The highest BCUT2D eigenvalue weighted by Crippen LogP contribution is 2.12. The molecular weight excluding hydrogens is 228 g/mol.